The Balaban J connectivity index is 1.62. The van der Waals surface area contributed by atoms with Gasteiger partial charge in [0.25, 0.3) is 5.91 Å². The molecule has 2 aromatic heterocycles. The monoisotopic (exact) mass is 442 g/mol. The summed E-state index contributed by atoms with van der Waals surface area (Å²) in [4.78, 5) is 18.0. The molecule has 2 fully saturated rings. The van der Waals surface area contributed by atoms with E-state index in [1.54, 1.807) is 29.8 Å². The van der Waals surface area contributed by atoms with Gasteiger partial charge in [-0.25, -0.2) is 22.5 Å². The van der Waals surface area contributed by atoms with Crippen molar-refractivity contribution in [1.29, 1.82) is 0 Å². The summed E-state index contributed by atoms with van der Waals surface area (Å²) in [5.41, 5.74) is 3.27. The lowest BCUT2D eigenvalue weighted by molar-refractivity contribution is 0.102. The van der Waals surface area contributed by atoms with Crippen LogP contribution < -0.4 is 5.32 Å². The average molecular weight is 443 g/mol. The second-order valence-electron chi connectivity index (χ2n) is 8.59. The van der Waals surface area contributed by atoms with E-state index in [1.165, 1.54) is 6.07 Å². The number of aromatic nitrogens is 3. The lowest BCUT2D eigenvalue weighted by Crippen LogP contribution is -2.16. The first-order valence-corrected chi connectivity index (χ1v) is 12.2. The number of nitrogens with one attached hydrogen (secondary N) is 1. The highest BCUT2D eigenvalue weighted by molar-refractivity contribution is 7.91. The third-order valence-corrected chi connectivity index (χ3v) is 7.77. The third-order valence-electron chi connectivity index (χ3n) is 6.02. The van der Waals surface area contributed by atoms with Gasteiger partial charge >= 0.3 is 0 Å². The molecule has 1 aliphatic carbocycles. The molecule has 162 valence electrons. The maximum absolute atomic E-state index is 14.2. The number of halogens is 1. The Morgan fingerprint density at radius 1 is 1.19 bits per heavy atom. The number of hydrogen-bond acceptors (Lipinski definition) is 5. The smallest absolute Gasteiger partial charge is 0.256 e. The summed E-state index contributed by atoms with van der Waals surface area (Å²) in [6.07, 6.45) is 2.47. The van der Waals surface area contributed by atoms with E-state index in [0.29, 0.717) is 28.7 Å². The van der Waals surface area contributed by atoms with Crippen molar-refractivity contribution in [3.63, 3.8) is 0 Å². The van der Waals surface area contributed by atoms with Gasteiger partial charge in [-0.3, -0.25) is 4.79 Å². The molecule has 1 aliphatic heterocycles. The number of amides is 1. The minimum atomic E-state index is -3.10. The number of aryl methyl sites for hydroxylation is 2. The SMILES string of the molecule is Cc1ccc(F)c(NC(=O)c2cc(C3CC3)nc3c2c(C)nn3[C@@H]2CCS(=O)(=O)C2)c1. The van der Waals surface area contributed by atoms with E-state index < -0.39 is 21.6 Å². The summed E-state index contributed by atoms with van der Waals surface area (Å²) in [7, 11) is -3.10. The van der Waals surface area contributed by atoms with Crippen LogP contribution in [-0.2, 0) is 9.84 Å². The molecule has 0 unspecified atom stereocenters. The third kappa shape index (κ3) is 3.71. The molecule has 1 N–H and O–H groups in total. The van der Waals surface area contributed by atoms with Gasteiger partial charge in [0.05, 0.1) is 39.9 Å². The Morgan fingerprint density at radius 3 is 2.65 bits per heavy atom. The van der Waals surface area contributed by atoms with E-state index in [1.807, 2.05) is 6.92 Å². The van der Waals surface area contributed by atoms with Crippen molar-refractivity contribution in [3.8, 4) is 0 Å². The number of sulfone groups is 1. The zero-order valence-corrected chi connectivity index (χ0v) is 18.2. The Hall–Kier alpha value is -2.81. The van der Waals surface area contributed by atoms with Gasteiger partial charge in [0.2, 0.25) is 0 Å². The lowest BCUT2D eigenvalue weighted by Gasteiger charge is -2.12. The van der Waals surface area contributed by atoms with Crippen LogP contribution in [0.15, 0.2) is 24.3 Å². The molecule has 0 spiro atoms. The molecule has 1 saturated carbocycles. The number of nitrogens with zero attached hydrogens (tertiary/aromatic N) is 3. The molecular weight excluding hydrogens is 419 g/mol. The predicted octanol–water partition coefficient (Wildman–Crippen LogP) is 3.68. The number of pyridine rings is 1. The first-order chi connectivity index (χ1) is 14.7. The maximum Gasteiger partial charge on any atom is 0.256 e. The molecule has 0 bridgehead atoms. The van der Waals surface area contributed by atoms with E-state index in [0.717, 1.165) is 24.1 Å². The van der Waals surface area contributed by atoms with Crippen molar-refractivity contribution in [2.45, 2.75) is 45.1 Å². The predicted molar refractivity (Wildman–Crippen MR) is 116 cm³/mol. The van der Waals surface area contributed by atoms with E-state index in [9.17, 15) is 17.6 Å². The van der Waals surface area contributed by atoms with Crippen LogP contribution in [0.3, 0.4) is 0 Å². The number of hydrogen-bond donors (Lipinski definition) is 1. The molecule has 5 rings (SSSR count). The summed E-state index contributed by atoms with van der Waals surface area (Å²) in [5.74, 6) is -0.507. The van der Waals surface area contributed by atoms with Gasteiger partial charge in [-0.1, -0.05) is 6.07 Å². The van der Waals surface area contributed by atoms with Gasteiger partial charge in [0.1, 0.15) is 5.82 Å². The van der Waals surface area contributed by atoms with Gasteiger partial charge in [-0.15, -0.1) is 0 Å². The van der Waals surface area contributed by atoms with Crippen molar-refractivity contribution >= 4 is 32.5 Å². The second kappa shape index (κ2) is 7.12. The molecule has 3 aromatic rings. The first kappa shape index (κ1) is 20.1. The van der Waals surface area contributed by atoms with Crippen molar-refractivity contribution in [1.82, 2.24) is 14.8 Å². The fourth-order valence-electron chi connectivity index (χ4n) is 4.25. The van der Waals surface area contributed by atoms with Crippen molar-refractivity contribution in [2.24, 2.45) is 0 Å². The van der Waals surface area contributed by atoms with Crippen LogP contribution in [0, 0.1) is 19.7 Å². The van der Waals surface area contributed by atoms with Crippen LogP contribution in [0.25, 0.3) is 11.0 Å². The van der Waals surface area contributed by atoms with Crippen molar-refractivity contribution in [3.05, 3.63) is 52.6 Å². The minimum absolute atomic E-state index is 0.0224. The zero-order chi connectivity index (χ0) is 21.9. The molecule has 7 nitrogen and oxygen atoms in total. The summed E-state index contributed by atoms with van der Waals surface area (Å²) >= 11 is 0. The van der Waals surface area contributed by atoms with E-state index in [2.05, 4.69) is 10.4 Å². The molecule has 9 heteroatoms. The van der Waals surface area contributed by atoms with Crippen LogP contribution >= 0.6 is 0 Å². The lowest BCUT2D eigenvalue weighted by atomic mass is 10.1. The minimum Gasteiger partial charge on any atom is -0.319 e. The maximum atomic E-state index is 14.2. The van der Waals surface area contributed by atoms with E-state index >= 15 is 0 Å². The number of fused-ring (bicyclic) bond motifs is 1. The van der Waals surface area contributed by atoms with Gasteiger partial charge in [0.15, 0.2) is 15.5 Å². The molecule has 3 heterocycles. The van der Waals surface area contributed by atoms with Gasteiger partial charge < -0.3 is 5.32 Å². The number of benzene rings is 1. The van der Waals surface area contributed by atoms with Crippen LogP contribution in [0.5, 0.6) is 0 Å². The molecule has 31 heavy (non-hydrogen) atoms. The fourth-order valence-corrected chi connectivity index (χ4v) is 5.94. The largest absolute Gasteiger partial charge is 0.319 e. The highest BCUT2D eigenvalue weighted by atomic mass is 32.2. The molecule has 2 aliphatic rings. The highest BCUT2D eigenvalue weighted by Crippen LogP contribution is 2.41. The standard InChI is InChI=1S/C22H23FN4O3S/c1-12-3-6-17(23)19(9-12)25-22(28)16-10-18(14-4-5-14)24-21-20(16)13(2)26-27(21)15-7-8-31(29,30)11-15/h3,6,9-10,14-15H,4-5,7-8,11H2,1-2H3,(H,25,28)/t15-/m1/s1. The van der Waals surface area contributed by atoms with Gasteiger partial charge in [0, 0.05) is 11.6 Å². The number of anilines is 1. The average Bonchev–Trinajstić information content (AvgIpc) is 3.43. The van der Waals surface area contributed by atoms with Gasteiger partial charge in [-0.05, 0) is 56.9 Å². The molecule has 1 saturated heterocycles. The zero-order valence-electron chi connectivity index (χ0n) is 17.4. The van der Waals surface area contributed by atoms with Crippen LogP contribution in [0.4, 0.5) is 10.1 Å². The fraction of sp³-hybridized carbons (Fsp3) is 0.409. The molecule has 0 radical (unpaired) electrons. The first-order valence-electron chi connectivity index (χ1n) is 10.4. The number of carbonyl (C=O) groups excluding carboxylic acids is 1. The van der Waals surface area contributed by atoms with Gasteiger partial charge in [-0.2, -0.15) is 5.10 Å². The Labute approximate surface area is 179 Å². The van der Waals surface area contributed by atoms with Crippen LogP contribution in [0.1, 0.15) is 58.5 Å². The van der Waals surface area contributed by atoms with Crippen LogP contribution in [0.2, 0.25) is 0 Å². The van der Waals surface area contributed by atoms with Crippen LogP contribution in [-0.4, -0.2) is 40.6 Å². The number of carbonyl (C=O) groups is 1. The summed E-state index contributed by atoms with van der Waals surface area (Å²) < 4.78 is 39.9. The molecule has 1 atom stereocenters. The summed E-state index contributed by atoms with van der Waals surface area (Å²) in [6, 6.07) is 6.03. The van der Waals surface area contributed by atoms with E-state index in [4.69, 9.17) is 4.98 Å². The van der Waals surface area contributed by atoms with Crippen molar-refractivity contribution < 1.29 is 17.6 Å². The highest BCUT2D eigenvalue weighted by Gasteiger charge is 2.34. The van der Waals surface area contributed by atoms with Crippen molar-refractivity contribution in [2.75, 3.05) is 16.8 Å². The second-order valence-corrected chi connectivity index (χ2v) is 10.8. The number of rotatable bonds is 4. The molecular formula is C22H23FN4O3S. The summed E-state index contributed by atoms with van der Waals surface area (Å²) in [6.45, 7) is 3.61. The Bertz CT molecular complexity index is 1330. The van der Waals surface area contributed by atoms with E-state index in [-0.39, 0.29) is 29.2 Å². The Kier molecular flexibility index (Phi) is 4.62. The normalized spacial score (nSPS) is 20.3. The summed E-state index contributed by atoms with van der Waals surface area (Å²) in [5, 5.41) is 7.85. The topological polar surface area (TPSA) is 93.9 Å². The Morgan fingerprint density at radius 2 is 1.97 bits per heavy atom. The quantitative estimate of drug-likeness (QED) is 0.665. The molecule has 1 aromatic carbocycles. The molecule has 1 amide bonds.